The number of rotatable bonds is 5. The molecule has 0 bridgehead atoms. The molecule has 0 aromatic heterocycles. The lowest BCUT2D eigenvalue weighted by atomic mass is 9.87. The van der Waals surface area contributed by atoms with Crippen molar-refractivity contribution >= 4 is 0 Å². The first-order valence-electron chi connectivity index (χ1n) is 8.06. The molecule has 1 fully saturated rings. The van der Waals surface area contributed by atoms with Crippen LogP contribution in [0.1, 0.15) is 17.9 Å². The van der Waals surface area contributed by atoms with Crippen LogP contribution in [0.4, 0.5) is 4.39 Å². The van der Waals surface area contributed by atoms with Gasteiger partial charge in [0.2, 0.25) is 0 Å². The topological polar surface area (TPSA) is 12.5 Å². The Balaban J connectivity index is 1.79. The second kappa shape index (κ2) is 7.42. The third kappa shape index (κ3) is 3.99. The van der Waals surface area contributed by atoms with Crippen LogP contribution in [-0.4, -0.2) is 30.6 Å². The number of halogens is 1. The molecule has 2 nitrogen and oxygen atoms in total. The largest absolute Gasteiger partial charge is 0.490 e. The van der Waals surface area contributed by atoms with Crippen molar-refractivity contribution < 1.29 is 9.13 Å². The Hall–Kier alpha value is -2.13. The van der Waals surface area contributed by atoms with Crippen molar-refractivity contribution in [3.05, 3.63) is 78.6 Å². The molecule has 2 unspecified atom stereocenters. The Morgan fingerprint density at radius 3 is 2.57 bits per heavy atom. The summed E-state index contributed by atoms with van der Waals surface area (Å²) in [6.45, 7) is 6.67. The van der Waals surface area contributed by atoms with Gasteiger partial charge in [0.25, 0.3) is 0 Å². The van der Waals surface area contributed by atoms with Gasteiger partial charge in [-0.15, -0.1) is 6.58 Å². The van der Waals surface area contributed by atoms with Crippen LogP contribution in [-0.2, 0) is 0 Å². The highest BCUT2D eigenvalue weighted by molar-refractivity contribution is 5.26. The van der Waals surface area contributed by atoms with E-state index in [2.05, 4.69) is 35.7 Å². The maximum absolute atomic E-state index is 13.1. The van der Waals surface area contributed by atoms with Gasteiger partial charge in [0.15, 0.2) is 0 Å². The van der Waals surface area contributed by atoms with Crippen LogP contribution in [0.3, 0.4) is 0 Å². The molecule has 1 aliphatic heterocycles. The van der Waals surface area contributed by atoms with Crippen molar-refractivity contribution in [3.63, 3.8) is 0 Å². The van der Waals surface area contributed by atoms with Gasteiger partial charge in [-0.25, -0.2) is 4.39 Å². The van der Waals surface area contributed by atoms with Gasteiger partial charge in [0.05, 0.1) is 0 Å². The lowest BCUT2D eigenvalue weighted by molar-refractivity contribution is 0.0834. The Morgan fingerprint density at radius 2 is 1.87 bits per heavy atom. The average molecular weight is 311 g/mol. The molecule has 2 aromatic rings. The van der Waals surface area contributed by atoms with Crippen molar-refractivity contribution in [2.75, 3.05) is 19.6 Å². The molecule has 0 saturated carbocycles. The minimum atomic E-state index is -0.238. The highest BCUT2D eigenvalue weighted by Crippen LogP contribution is 2.30. The summed E-state index contributed by atoms with van der Waals surface area (Å²) >= 11 is 0. The second-order valence-corrected chi connectivity index (χ2v) is 5.96. The van der Waals surface area contributed by atoms with E-state index in [4.69, 9.17) is 4.74 Å². The number of likely N-dealkylation sites (tertiary alicyclic amines) is 1. The van der Waals surface area contributed by atoms with E-state index in [1.165, 1.54) is 17.7 Å². The molecule has 120 valence electrons. The second-order valence-electron chi connectivity index (χ2n) is 5.96. The van der Waals surface area contributed by atoms with Crippen molar-refractivity contribution in [1.29, 1.82) is 0 Å². The summed E-state index contributed by atoms with van der Waals surface area (Å²) in [5.41, 5.74) is 1.29. The first kappa shape index (κ1) is 15.8. The molecular formula is C20H22FNO. The van der Waals surface area contributed by atoms with Crippen LogP contribution in [0.5, 0.6) is 5.75 Å². The van der Waals surface area contributed by atoms with E-state index >= 15 is 0 Å². The molecule has 23 heavy (non-hydrogen) atoms. The summed E-state index contributed by atoms with van der Waals surface area (Å²) < 4.78 is 19.3. The van der Waals surface area contributed by atoms with Gasteiger partial charge in [0, 0.05) is 25.6 Å². The van der Waals surface area contributed by atoms with Gasteiger partial charge < -0.3 is 4.74 Å². The quantitative estimate of drug-likeness (QED) is 0.766. The first-order valence-corrected chi connectivity index (χ1v) is 8.06. The number of ether oxygens (including phenoxy) is 1. The van der Waals surface area contributed by atoms with Crippen LogP contribution in [0.25, 0.3) is 0 Å². The molecule has 1 saturated heterocycles. The molecular weight excluding hydrogens is 289 g/mol. The lowest BCUT2D eigenvalue weighted by Crippen LogP contribution is -2.44. The first-order chi connectivity index (χ1) is 11.3. The van der Waals surface area contributed by atoms with E-state index < -0.39 is 0 Å². The van der Waals surface area contributed by atoms with E-state index in [1.807, 2.05) is 12.1 Å². The number of hydrogen-bond donors (Lipinski definition) is 0. The standard InChI is InChI=1S/C20H22FNO/c1-2-13-22-14-12-20(23-18-10-8-17(21)9-11-18)19(15-22)16-6-4-3-5-7-16/h2-11,19-20H,1,12-15H2. The lowest BCUT2D eigenvalue weighted by Gasteiger charge is -2.38. The molecule has 2 atom stereocenters. The Kier molecular flexibility index (Phi) is 5.09. The summed E-state index contributed by atoms with van der Waals surface area (Å²) in [7, 11) is 0. The van der Waals surface area contributed by atoms with Crippen LogP contribution in [0, 0.1) is 5.82 Å². The molecule has 2 aromatic carbocycles. The molecule has 0 aliphatic carbocycles. The highest BCUT2D eigenvalue weighted by atomic mass is 19.1. The van der Waals surface area contributed by atoms with E-state index in [0.29, 0.717) is 5.92 Å². The molecule has 1 heterocycles. The average Bonchev–Trinajstić information content (AvgIpc) is 2.59. The fourth-order valence-corrected chi connectivity index (χ4v) is 3.20. The number of piperidine rings is 1. The fraction of sp³-hybridized carbons (Fsp3) is 0.300. The Morgan fingerprint density at radius 1 is 1.13 bits per heavy atom. The zero-order chi connectivity index (χ0) is 16.1. The fourth-order valence-electron chi connectivity index (χ4n) is 3.20. The molecule has 0 radical (unpaired) electrons. The molecule has 1 aliphatic rings. The van der Waals surface area contributed by atoms with Gasteiger partial charge in [-0.2, -0.15) is 0 Å². The van der Waals surface area contributed by atoms with Crippen molar-refractivity contribution in [1.82, 2.24) is 4.90 Å². The maximum atomic E-state index is 13.1. The summed E-state index contributed by atoms with van der Waals surface area (Å²) in [6, 6.07) is 16.8. The Labute approximate surface area is 137 Å². The normalized spacial score (nSPS) is 21.8. The summed E-state index contributed by atoms with van der Waals surface area (Å²) in [5, 5.41) is 0. The predicted octanol–water partition coefficient (Wildman–Crippen LogP) is 4.25. The van der Waals surface area contributed by atoms with Gasteiger partial charge in [-0.3, -0.25) is 4.90 Å². The summed E-state index contributed by atoms with van der Waals surface area (Å²) in [4.78, 5) is 2.40. The maximum Gasteiger partial charge on any atom is 0.123 e. The van der Waals surface area contributed by atoms with E-state index in [0.717, 1.165) is 31.8 Å². The zero-order valence-electron chi connectivity index (χ0n) is 13.2. The molecule has 0 N–H and O–H groups in total. The van der Waals surface area contributed by atoms with Gasteiger partial charge >= 0.3 is 0 Å². The summed E-state index contributed by atoms with van der Waals surface area (Å²) in [6.07, 6.45) is 3.00. The predicted molar refractivity (Wildman–Crippen MR) is 91.3 cm³/mol. The third-order valence-electron chi connectivity index (χ3n) is 4.35. The number of nitrogens with zero attached hydrogens (tertiary/aromatic N) is 1. The van der Waals surface area contributed by atoms with Crippen LogP contribution >= 0.6 is 0 Å². The van der Waals surface area contributed by atoms with Crippen molar-refractivity contribution in [2.24, 2.45) is 0 Å². The molecule has 3 rings (SSSR count). The van der Waals surface area contributed by atoms with Crippen molar-refractivity contribution in [2.45, 2.75) is 18.4 Å². The summed E-state index contributed by atoms with van der Waals surface area (Å²) in [5.74, 6) is 0.794. The SMILES string of the molecule is C=CCN1CCC(Oc2ccc(F)cc2)C(c2ccccc2)C1. The monoisotopic (exact) mass is 311 g/mol. The van der Waals surface area contributed by atoms with Crippen LogP contribution in [0.2, 0.25) is 0 Å². The molecule has 0 amide bonds. The minimum absolute atomic E-state index is 0.101. The molecule has 0 spiro atoms. The molecule has 3 heteroatoms. The third-order valence-corrected chi connectivity index (χ3v) is 4.35. The van der Waals surface area contributed by atoms with E-state index in [1.54, 1.807) is 12.1 Å². The van der Waals surface area contributed by atoms with Gasteiger partial charge in [-0.05, 0) is 36.2 Å². The zero-order valence-corrected chi connectivity index (χ0v) is 13.2. The Bertz CT molecular complexity index is 626. The van der Waals surface area contributed by atoms with E-state index in [-0.39, 0.29) is 11.9 Å². The van der Waals surface area contributed by atoms with E-state index in [9.17, 15) is 4.39 Å². The van der Waals surface area contributed by atoms with Crippen LogP contribution in [0.15, 0.2) is 67.3 Å². The highest BCUT2D eigenvalue weighted by Gasteiger charge is 2.31. The van der Waals surface area contributed by atoms with Gasteiger partial charge in [0.1, 0.15) is 17.7 Å². The van der Waals surface area contributed by atoms with Crippen molar-refractivity contribution in [3.8, 4) is 5.75 Å². The van der Waals surface area contributed by atoms with Crippen LogP contribution < -0.4 is 4.74 Å². The minimum Gasteiger partial charge on any atom is -0.490 e. The smallest absolute Gasteiger partial charge is 0.123 e. The number of hydrogen-bond acceptors (Lipinski definition) is 2. The number of benzene rings is 2. The van der Waals surface area contributed by atoms with Gasteiger partial charge in [-0.1, -0.05) is 36.4 Å².